The number of carbonyl (C=O) groups excluding carboxylic acids is 2. The molecule has 0 saturated heterocycles. The van der Waals surface area contributed by atoms with Gasteiger partial charge in [0.15, 0.2) is 5.11 Å². The number of rotatable bonds is 5. The second-order valence-corrected chi connectivity index (χ2v) is 7.87. The van der Waals surface area contributed by atoms with Gasteiger partial charge in [-0.3, -0.25) is 4.79 Å². The van der Waals surface area contributed by atoms with Crippen LogP contribution in [0.25, 0.3) is 0 Å². The van der Waals surface area contributed by atoms with Crippen molar-refractivity contribution in [3.8, 4) is 0 Å². The van der Waals surface area contributed by atoms with Crippen LogP contribution in [-0.4, -0.2) is 35.0 Å². The van der Waals surface area contributed by atoms with Gasteiger partial charge in [0.1, 0.15) is 5.82 Å². The van der Waals surface area contributed by atoms with E-state index in [9.17, 15) is 14.0 Å². The van der Waals surface area contributed by atoms with Crippen LogP contribution in [0.15, 0.2) is 59.8 Å². The summed E-state index contributed by atoms with van der Waals surface area (Å²) in [7, 11) is 1.79. The van der Waals surface area contributed by atoms with Gasteiger partial charge in [-0.2, -0.15) is 0 Å². The predicted molar refractivity (Wildman–Crippen MR) is 121 cm³/mol. The summed E-state index contributed by atoms with van der Waals surface area (Å²) in [5.74, 6) is -1.30. The maximum absolute atomic E-state index is 13.4. The molecular formula is C23H24FN3O3S. The van der Waals surface area contributed by atoms with Crippen LogP contribution in [0.1, 0.15) is 42.7 Å². The lowest BCUT2D eigenvalue weighted by Gasteiger charge is -2.35. The Morgan fingerprint density at radius 1 is 1.19 bits per heavy atom. The Bertz CT molecular complexity index is 1050. The maximum Gasteiger partial charge on any atom is 0.338 e. The summed E-state index contributed by atoms with van der Waals surface area (Å²) >= 11 is 5.40. The van der Waals surface area contributed by atoms with Crippen molar-refractivity contribution in [3.05, 3.63) is 76.7 Å². The van der Waals surface area contributed by atoms with Gasteiger partial charge in [0.25, 0.3) is 5.91 Å². The number of benzene rings is 2. The van der Waals surface area contributed by atoms with Crippen molar-refractivity contribution in [2.45, 2.75) is 32.9 Å². The number of hydrogen-bond acceptors (Lipinski definition) is 4. The summed E-state index contributed by atoms with van der Waals surface area (Å²) in [6.45, 7) is 5.41. The zero-order valence-corrected chi connectivity index (χ0v) is 18.5. The van der Waals surface area contributed by atoms with Gasteiger partial charge >= 0.3 is 5.97 Å². The first-order valence-corrected chi connectivity index (χ1v) is 10.2. The highest BCUT2D eigenvalue weighted by molar-refractivity contribution is 7.80. The third-order valence-corrected chi connectivity index (χ3v) is 5.30. The minimum Gasteiger partial charge on any atom is -0.459 e. The molecule has 0 unspecified atom stereocenters. The Labute approximate surface area is 186 Å². The lowest BCUT2D eigenvalue weighted by Crippen LogP contribution is -2.46. The van der Waals surface area contributed by atoms with Crippen LogP contribution in [0.5, 0.6) is 0 Å². The maximum atomic E-state index is 13.4. The van der Waals surface area contributed by atoms with Crippen LogP contribution in [0.4, 0.5) is 10.1 Å². The summed E-state index contributed by atoms with van der Waals surface area (Å²) in [4.78, 5) is 26.8. The molecule has 0 radical (unpaired) electrons. The highest BCUT2D eigenvalue weighted by Gasteiger charge is 2.33. The largest absolute Gasteiger partial charge is 0.459 e. The summed E-state index contributed by atoms with van der Waals surface area (Å²) in [5.41, 5.74) is 2.74. The van der Waals surface area contributed by atoms with E-state index < -0.39 is 23.7 Å². The molecule has 0 aromatic heterocycles. The molecule has 3 rings (SSSR count). The third kappa shape index (κ3) is 5.08. The molecule has 2 aromatic carbocycles. The standard InChI is InChI=1S/C23H24FN3O3S/c1-13(2)30-22(29)19-14(3)27(4)23(31)26-20(19)15-8-10-18(11-9-15)25-21(28)16-6-5-7-17(24)12-16/h5-13,20H,1-4H3,(H,25,28)(H,26,31)/t20-/m0/s1. The van der Waals surface area contributed by atoms with E-state index in [1.807, 2.05) is 6.92 Å². The average molecular weight is 442 g/mol. The normalized spacial score (nSPS) is 16.3. The molecule has 2 N–H and O–H groups in total. The number of ether oxygens (including phenoxy) is 1. The Hall–Kier alpha value is -3.26. The van der Waals surface area contributed by atoms with Gasteiger partial charge in [-0.15, -0.1) is 0 Å². The number of carbonyl (C=O) groups is 2. The molecule has 6 nitrogen and oxygen atoms in total. The fourth-order valence-corrected chi connectivity index (χ4v) is 3.47. The molecule has 0 spiro atoms. The summed E-state index contributed by atoms with van der Waals surface area (Å²) < 4.78 is 18.8. The molecule has 0 fully saturated rings. The van der Waals surface area contributed by atoms with Crippen LogP contribution < -0.4 is 10.6 Å². The first kappa shape index (κ1) is 22.4. The number of thiocarbonyl (C=S) groups is 1. The predicted octanol–water partition coefficient (Wildman–Crippen LogP) is 4.16. The molecule has 0 aliphatic carbocycles. The quantitative estimate of drug-likeness (QED) is 0.536. The third-order valence-electron chi connectivity index (χ3n) is 4.91. The van der Waals surface area contributed by atoms with Crippen molar-refractivity contribution in [1.82, 2.24) is 10.2 Å². The molecule has 8 heteroatoms. The number of amides is 1. The first-order valence-electron chi connectivity index (χ1n) is 9.80. The number of anilines is 1. The smallest absolute Gasteiger partial charge is 0.338 e. The van der Waals surface area contributed by atoms with Gasteiger partial charge in [-0.1, -0.05) is 18.2 Å². The van der Waals surface area contributed by atoms with Crippen molar-refractivity contribution in [1.29, 1.82) is 0 Å². The highest BCUT2D eigenvalue weighted by atomic mass is 32.1. The van der Waals surface area contributed by atoms with E-state index in [1.165, 1.54) is 24.3 Å². The van der Waals surface area contributed by atoms with E-state index in [1.54, 1.807) is 50.1 Å². The summed E-state index contributed by atoms with van der Waals surface area (Å²) in [6.07, 6.45) is -0.256. The van der Waals surface area contributed by atoms with Crippen molar-refractivity contribution < 1.29 is 18.7 Å². The van der Waals surface area contributed by atoms with Gasteiger partial charge in [-0.05, 0) is 68.9 Å². The van der Waals surface area contributed by atoms with Crippen molar-refractivity contribution in [2.75, 3.05) is 12.4 Å². The van der Waals surface area contributed by atoms with E-state index in [-0.39, 0.29) is 11.7 Å². The van der Waals surface area contributed by atoms with Gasteiger partial charge < -0.3 is 20.3 Å². The van der Waals surface area contributed by atoms with Crippen molar-refractivity contribution >= 4 is 34.9 Å². The monoisotopic (exact) mass is 441 g/mol. The topological polar surface area (TPSA) is 70.7 Å². The SMILES string of the molecule is CC1=C(C(=O)OC(C)C)[C@H](c2ccc(NC(=O)c3cccc(F)c3)cc2)NC(=S)N1C. The fourth-order valence-electron chi connectivity index (χ4n) is 3.22. The average Bonchev–Trinajstić information content (AvgIpc) is 2.71. The number of nitrogens with zero attached hydrogens (tertiary/aromatic N) is 1. The molecule has 1 aliphatic heterocycles. The summed E-state index contributed by atoms with van der Waals surface area (Å²) in [6, 6.07) is 12.0. The van der Waals surface area contributed by atoms with Crippen LogP contribution in [0, 0.1) is 5.82 Å². The van der Waals surface area contributed by atoms with E-state index >= 15 is 0 Å². The number of nitrogens with one attached hydrogen (secondary N) is 2. The van der Waals surface area contributed by atoms with Gasteiger partial charge in [-0.25, -0.2) is 9.18 Å². The molecular weight excluding hydrogens is 417 g/mol. The fraction of sp³-hybridized carbons (Fsp3) is 0.261. The van der Waals surface area contributed by atoms with E-state index in [2.05, 4.69) is 10.6 Å². The zero-order valence-electron chi connectivity index (χ0n) is 17.7. The van der Waals surface area contributed by atoms with Gasteiger partial charge in [0.2, 0.25) is 0 Å². The molecule has 1 amide bonds. The Kier molecular flexibility index (Phi) is 6.70. The molecule has 0 saturated carbocycles. The van der Waals surface area contributed by atoms with Crippen molar-refractivity contribution in [2.24, 2.45) is 0 Å². The summed E-state index contributed by atoms with van der Waals surface area (Å²) in [5, 5.41) is 6.41. The van der Waals surface area contributed by atoms with Crippen LogP contribution in [-0.2, 0) is 9.53 Å². The Morgan fingerprint density at radius 3 is 2.48 bits per heavy atom. The molecule has 2 aromatic rings. The minimum absolute atomic E-state index is 0.226. The zero-order chi connectivity index (χ0) is 22.7. The van der Waals surface area contributed by atoms with Gasteiger partial charge in [0.05, 0.1) is 17.7 Å². The molecule has 1 atom stereocenters. The number of hydrogen-bond donors (Lipinski definition) is 2. The van der Waals surface area contributed by atoms with E-state index in [4.69, 9.17) is 17.0 Å². The lowest BCUT2D eigenvalue weighted by molar-refractivity contribution is -0.143. The van der Waals surface area contributed by atoms with Crippen LogP contribution >= 0.6 is 12.2 Å². The Morgan fingerprint density at radius 2 is 1.87 bits per heavy atom. The second-order valence-electron chi connectivity index (χ2n) is 7.48. The lowest BCUT2D eigenvalue weighted by atomic mass is 9.95. The second kappa shape index (κ2) is 9.26. The number of esters is 1. The van der Waals surface area contributed by atoms with Gasteiger partial charge in [0, 0.05) is 24.0 Å². The van der Waals surface area contributed by atoms with E-state index in [0.29, 0.717) is 22.1 Å². The van der Waals surface area contributed by atoms with Crippen LogP contribution in [0.3, 0.4) is 0 Å². The van der Waals surface area contributed by atoms with E-state index in [0.717, 1.165) is 5.56 Å². The van der Waals surface area contributed by atoms with Crippen molar-refractivity contribution in [3.63, 3.8) is 0 Å². The molecule has 1 heterocycles. The molecule has 162 valence electrons. The molecule has 1 aliphatic rings. The molecule has 31 heavy (non-hydrogen) atoms. The first-order chi connectivity index (χ1) is 14.7. The van der Waals surface area contributed by atoms with Crippen LogP contribution in [0.2, 0.25) is 0 Å². The highest BCUT2D eigenvalue weighted by Crippen LogP contribution is 2.31. The number of halogens is 1. The molecule has 0 bridgehead atoms. The minimum atomic E-state index is -0.483. The Balaban J connectivity index is 1.85. The number of allylic oxidation sites excluding steroid dienone is 1.